The van der Waals surface area contributed by atoms with Crippen LogP contribution in [0.4, 0.5) is 5.69 Å². The third-order valence-corrected chi connectivity index (χ3v) is 8.59. The van der Waals surface area contributed by atoms with Crippen LogP contribution in [0.5, 0.6) is 11.5 Å². The molecule has 4 rings (SSSR count). The van der Waals surface area contributed by atoms with Gasteiger partial charge >= 0.3 is 0 Å². The maximum Gasteiger partial charge on any atom is 0.242 e. The number of anilines is 1. The van der Waals surface area contributed by atoms with Gasteiger partial charge < -0.3 is 19.7 Å². The van der Waals surface area contributed by atoms with Crippen LogP contribution >= 0.6 is 0 Å². The van der Waals surface area contributed by atoms with E-state index in [1.807, 2.05) is 30.3 Å². The minimum Gasteiger partial charge on any atom is -0.454 e. The predicted octanol–water partition coefficient (Wildman–Crippen LogP) is 3.87. The number of benzene rings is 2. The molecular formula is C29H39N3O6S. The molecule has 1 atom stereocenters. The lowest BCUT2D eigenvalue weighted by atomic mass is 9.95. The van der Waals surface area contributed by atoms with Gasteiger partial charge in [-0.1, -0.05) is 49.6 Å². The molecule has 2 aromatic rings. The van der Waals surface area contributed by atoms with Gasteiger partial charge in [-0.25, -0.2) is 8.42 Å². The summed E-state index contributed by atoms with van der Waals surface area (Å²) in [5.41, 5.74) is 1.54. The van der Waals surface area contributed by atoms with Gasteiger partial charge in [0.25, 0.3) is 0 Å². The minimum atomic E-state index is -3.60. The summed E-state index contributed by atoms with van der Waals surface area (Å²) in [5.74, 6) is 0.747. The molecule has 0 bridgehead atoms. The van der Waals surface area contributed by atoms with E-state index in [9.17, 15) is 18.0 Å². The number of hydrogen-bond acceptors (Lipinski definition) is 6. The highest BCUT2D eigenvalue weighted by Crippen LogP contribution is 2.36. The Bertz CT molecular complexity index is 1230. The maximum absolute atomic E-state index is 13.5. The van der Waals surface area contributed by atoms with Gasteiger partial charge in [0.1, 0.15) is 6.04 Å². The lowest BCUT2D eigenvalue weighted by molar-refractivity contribution is -0.140. The maximum atomic E-state index is 13.5. The van der Waals surface area contributed by atoms with Crippen molar-refractivity contribution in [3.8, 4) is 11.5 Å². The standard InChI is InChI=1S/C29H39N3O6S/c1-22(29(34)30-24-12-7-4-8-13-24)31(19-17-23-10-5-3-6-11-23)28(33)14-9-18-32(39(2,35)36)25-15-16-26-27(20-25)38-21-37-26/h3,5-6,10-11,15-16,20,22,24H,4,7-9,12-14,17-19,21H2,1-2H3,(H,30,34)/t22-/m0/s1. The van der Waals surface area contributed by atoms with E-state index < -0.39 is 16.1 Å². The van der Waals surface area contributed by atoms with E-state index in [0.717, 1.165) is 37.5 Å². The first kappa shape index (κ1) is 28.7. The summed E-state index contributed by atoms with van der Waals surface area (Å²) in [6.07, 6.45) is 7.54. The smallest absolute Gasteiger partial charge is 0.242 e. The van der Waals surface area contributed by atoms with Crippen LogP contribution < -0.4 is 19.1 Å². The molecule has 2 aliphatic rings. The molecule has 1 aliphatic heterocycles. The quantitative estimate of drug-likeness (QED) is 0.425. The molecule has 39 heavy (non-hydrogen) atoms. The van der Waals surface area contributed by atoms with Gasteiger partial charge in [0.2, 0.25) is 28.6 Å². The molecule has 2 aromatic carbocycles. The average molecular weight is 558 g/mol. The zero-order chi connectivity index (χ0) is 27.8. The Morgan fingerprint density at radius 1 is 1.00 bits per heavy atom. The molecule has 1 aliphatic carbocycles. The van der Waals surface area contributed by atoms with Crippen LogP contribution in [-0.4, -0.2) is 63.4 Å². The first-order valence-corrected chi connectivity index (χ1v) is 15.6. The normalized spacial score (nSPS) is 15.9. The first-order chi connectivity index (χ1) is 18.7. The van der Waals surface area contributed by atoms with Crippen LogP contribution in [0.3, 0.4) is 0 Å². The van der Waals surface area contributed by atoms with Crippen LogP contribution in [0.25, 0.3) is 0 Å². The molecule has 9 nitrogen and oxygen atoms in total. The van der Waals surface area contributed by atoms with Gasteiger partial charge in [-0.05, 0) is 50.3 Å². The highest BCUT2D eigenvalue weighted by atomic mass is 32.2. The lowest BCUT2D eigenvalue weighted by Gasteiger charge is -2.31. The van der Waals surface area contributed by atoms with E-state index in [-0.39, 0.29) is 37.6 Å². The van der Waals surface area contributed by atoms with Gasteiger partial charge in [0.15, 0.2) is 11.5 Å². The van der Waals surface area contributed by atoms with Crippen molar-refractivity contribution in [3.05, 3.63) is 54.1 Å². The summed E-state index contributed by atoms with van der Waals surface area (Å²) < 4.78 is 37.2. The molecule has 1 fully saturated rings. The number of nitrogens with one attached hydrogen (secondary N) is 1. The van der Waals surface area contributed by atoms with Crippen LogP contribution in [0, 0.1) is 0 Å². The first-order valence-electron chi connectivity index (χ1n) is 13.7. The molecule has 10 heteroatoms. The van der Waals surface area contributed by atoms with Gasteiger partial charge in [-0.3, -0.25) is 13.9 Å². The number of nitrogens with zero attached hydrogens (tertiary/aromatic N) is 2. The number of amides is 2. The summed E-state index contributed by atoms with van der Waals surface area (Å²) in [6.45, 7) is 2.40. The Hall–Kier alpha value is -3.27. The second-order valence-electron chi connectivity index (χ2n) is 10.3. The molecule has 1 N–H and O–H groups in total. The van der Waals surface area contributed by atoms with E-state index in [1.165, 1.54) is 10.7 Å². The monoisotopic (exact) mass is 557 g/mol. The highest BCUT2D eigenvalue weighted by molar-refractivity contribution is 7.92. The van der Waals surface area contributed by atoms with Gasteiger partial charge in [0, 0.05) is 31.6 Å². The molecule has 0 saturated heterocycles. The molecule has 0 spiro atoms. The number of carbonyl (C=O) groups excluding carboxylic acids is 2. The molecule has 1 saturated carbocycles. The summed E-state index contributed by atoms with van der Waals surface area (Å²) in [4.78, 5) is 28.2. The van der Waals surface area contributed by atoms with Gasteiger partial charge in [-0.2, -0.15) is 0 Å². The third-order valence-electron chi connectivity index (χ3n) is 7.40. The van der Waals surface area contributed by atoms with Crippen LogP contribution in [-0.2, 0) is 26.0 Å². The molecule has 0 radical (unpaired) electrons. The Morgan fingerprint density at radius 3 is 2.44 bits per heavy atom. The van der Waals surface area contributed by atoms with E-state index in [1.54, 1.807) is 30.0 Å². The van der Waals surface area contributed by atoms with E-state index >= 15 is 0 Å². The second-order valence-corrected chi connectivity index (χ2v) is 12.2. The van der Waals surface area contributed by atoms with E-state index in [0.29, 0.717) is 36.6 Å². The highest BCUT2D eigenvalue weighted by Gasteiger charge is 2.28. The molecule has 0 aromatic heterocycles. The number of sulfonamides is 1. The van der Waals surface area contributed by atoms with Crippen molar-refractivity contribution in [2.45, 2.75) is 70.4 Å². The molecular weight excluding hydrogens is 518 g/mol. The van der Waals surface area contributed by atoms with E-state index in [2.05, 4.69) is 5.32 Å². The van der Waals surface area contributed by atoms with Crippen LogP contribution in [0.2, 0.25) is 0 Å². The summed E-state index contributed by atoms with van der Waals surface area (Å²) in [6, 6.07) is 14.4. The number of carbonyl (C=O) groups is 2. The van der Waals surface area contributed by atoms with Crippen molar-refractivity contribution in [3.63, 3.8) is 0 Å². The van der Waals surface area contributed by atoms with Crippen molar-refractivity contribution >= 4 is 27.5 Å². The number of hydrogen-bond donors (Lipinski definition) is 1. The van der Waals surface area contributed by atoms with Crippen molar-refractivity contribution < 1.29 is 27.5 Å². The van der Waals surface area contributed by atoms with Crippen molar-refractivity contribution in [2.75, 3.05) is 30.4 Å². The number of rotatable bonds is 12. The molecule has 212 valence electrons. The van der Waals surface area contributed by atoms with Crippen molar-refractivity contribution in [2.24, 2.45) is 0 Å². The fraction of sp³-hybridized carbons (Fsp3) is 0.517. The summed E-state index contributed by atoms with van der Waals surface area (Å²) >= 11 is 0. The van der Waals surface area contributed by atoms with Crippen molar-refractivity contribution in [1.82, 2.24) is 10.2 Å². The number of fused-ring (bicyclic) bond motifs is 1. The van der Waals surface area contributed by atoms with Crippen LogP contribution in [0.1, 0.15) is 57.4 Å². The third kappa shape index (κ3) is 7.88. The SMILES string of the molecule is C[C@@H](C(=O)NC1CCCCC1)N(CCc1ccccc1)C(=O)CCCN(c1ccc2c(c1)OCO2)S(C)(=O)=O. The fourth-order valence-corrected chi connectivity index (χ4v) is 6.14. The topological polar surface area (TPSA) is 105 Å². The summed E-state index contributed by atoms with van der Waals surface area (Å²) in [7, 11) is -3.60. The Kier molecular flexibility index (Phi) is 9.72. The average Bonchev–Trinajstić information content (AvgIpc) is 3.39. The Labute approximate surface area is 231 Å². The largest absolute Gasteiger partial charge is 0.454 e. The van der Waals surface area contributed by atoms with Gasteiger partial charge in [-0.15, -0.1) is 0 Å². The summed E-state index contributed by atoms with van der Waals surface area (Å²) in [5, 5.41) is 3.15. The Balaban J connectivity index is 1.41. The Morgan fingerprint density at radius 2 is 1.72 bits per heavy atom. The molecule has 2 amide bonds. The zero-order valence-corrected chi connectivity index (χ0v) is 23.6. The lowest BCUT2D eigenvalue weighted by Crippen LogP contribution is -2.51. The minimum absolute atomic E-state index is 0.0947. The van der Waals surface area contributed by atoms with Crippen LogP contribution in [0.15, 0.2) is 48.5 Å². The van der Waals surface area contributed by atoms with Crippen molar-refractivity contribution in [1.29, 1.82) is 0 Å². The van der Waals surface area contributed by atoms with E-state index in [4.69, 9.17) is 9.47 Å². The predicted molar refractivity (Wildman–Crippen MR) is 150 cm³/mol. The fourth-order valence-electron chi connectivity index (χ4n) is 5.18. The zero-order valence-electron chi connectivity index (χ0n) is 22.8. The molecule has 0 unspecified atom stereocenters. The second kappa shape index (κ2) is 13.2. The molecule has 1 heterocycles. The number of ether oxygens (including phenoxy) is 2. The van der Waals surface area contributed by atoms with Gasteiger partial charge in [0.05, 0.1) is 11.9 Å².